The molecular formula is C16H22BrNO. The highest BCUT2D eigenvalue weighted by atomic mass is 79.9. The summed E-state index contributed by atoms with van der Waals surface area (Å²) in [5.41, 5.74) is 1.85. The number of carbonyl (C=O) groups excluding carboxylic acids is 1. The van der Waals surface area contributed by atoms with E-state index in [0.29, 0.717) is 5.92 Å². The van der Waals surface area contributed by atoms with E-state index in [1.165, 1.54) is 25.7 Å². The number of benzene rings is 1. The first-order valence-corrected chi connectivity index (χ1v) is 7.90. The molecule has 0 heterocycles. The summed E-state index contributed by atoms with van der Waals surface area (Å²) in [6.45, 7) is 5.13. The fraction of sp³-hybridized carbons (Fsp3) is 0.562. The van der Waals surface area contributed by atoms with Gasteiger partial charge < -0.3 is 5.32 Å². The number of hydrogen-bond acceptors (Lipinski definition) is 1. The molecule has 2 nitrogen and oxygen atoms in total. The maximum absolute atomic E-state index is 12.2. The van der Waals surface area contributed by atoms with Gasteiger partial charge in [-0.1, -0.05) is 31.4 Å². The molecular weight excluding hydrogens is 302 g/mol. The Kier molecular flexibility index (Phi) is 5.03. The molecule has 1 aliphatic carbocycles. The summed E-state index contributed by atoms with van der Waals surface area (Å²) in [5, 5.41) is 3.09. The van der Waals surface area contributed by atoms with E-state index in [0.717, 1.165) is 28.1 Å². The predicted molar refractivity (Wildman–Crippen MR) is 82.3 cm³/mol. The van der Waals surface area contributed by atoms with E-state index in [9.17, 15) is 4.79 Å². The maximum atomic E-state index is 12.2. The van der Waals surface area contributed by atoms with E-state index in [4.69, 9.17) is 0 Å². The molecule has 1 saturated carbocycles. The van der Waals surface area contributed by atoms with Crippen molar-refractivity contribution < 1.29 is 4.79 Å². The lowest BCUT2D eigenvalue weighted by Crippen LogP contribution is -2.31. The van der Waals surface area contributed by atoms with E-state index in [1.807, 2.05) is 25.1 Å². The van der Waals surface area contributed by atoms with Gasteiger partial charge in [0.1, 0.15) is 0 Å². The van der Waals surface area contributed by atoms with Crippen molar-refractivity contribution in [2.45, 2.75) is 39.5 Å². The van der Waals surface area contributed by atoms with Crippen LogP contribution in [0.3, 0.4) is 0 Å². The summed E-state index contributed by atoms with van der Waals surface area (Å²) in [7, 11) is 0. The molecule has 0 aliphatic heterocycles. The number of carbonyl (C=O) groups is 1. The van der Waals surface area contributed by atoms with Crippen molar-refractivity contribution in [2.75, 3.05) is 6.54 Å². The van der Waals surface area contributed by atoms with Crippen LogP contribution >= 0.6 is 15.9 Å². The van der Waals surface area contributed by atoms with Gasteiger partial charge in [-0.15, -0.1) is 0 Å². The van der Waals surface area contributed by atoms with Gasteiger partial charge in [-0.05, 0) is 59.7 Å². The van der Waals surface area contributed by atoms with Crippen molar-refractivity contribution in [1.29, 1.82) is 0 Å². The molecule has 2 atom stereocenters. The van der Waals surface area contributed by atoms with E-state index in [2.05, 4.69) is 28.2 Å². The van der Waals surface area contributed by atoms with E-state index >= 15 is 0 Å². The second-order valence-electron chi connectivity index (χ2n) is 5.83. The molecule has 2 rings (SSSR count). The summed E-state index contributed by atoms with van der Waals surface area (Å²) in [6.07, 6.45) is 5.14. The number of rotatable bonds is 3. The number of halogens is 1. The predicted octanol–water partition coefficient (Wildman–Crippen LogP) is 4.31. The quantitative estimate of drug-likeness (QED) is 0.882. The molecule has 1 amide bonds. The Morgan fingerprint density at radius 3 is 2.95 bits per heavy atom. The third-order valence-corrected chi connectivity index (χ3v) is 4.65. The second-order valence-corrected chi connectivity index (χ2v) is 6.69. The average molecular weight is 324 g/mol. The zero-order valence-corrected chi connectivity index (χ0v) is 13.3. The van der Waals surface area contributed by atoms with E-state index < -0.39 is 0 Å². The van der Waals surface area contributed by atoms with Gasteiger partial charge in [0.2, 0.25) is 0 Å². The van der Waals surface area contributed by atoms with Crippen LogP contribution < -0.4 is 5.32 Å². The van der Waals surface area contributed by atoms with E-state index in [1.54, 1.807) is 0 Å². The Balaban J connectivity index is 1.92. The number of hydrogen-bond donors (Lipinski definition) is 1. The molecule has 1 aliphatic rings. The third-order valence-electron chi connectivity index (χ3n) is 3.96. The first-order chi connectivity index (χ1) is 9.06. The first kappa shape index (κ1) is 14.6. The summed E-state index contributed by atoms with van der Waals surface area (Å²) in [6, 6.07) is 5.87. The molecule has 0 radical (unpaired) electrons. The molecule has 0 bridgehead atoms. The SMILES string of the molecule is Cc1ccc(Br)c(C(=O)NCC2CCCC(C)C2)c1. The Morgan fingerprint density at radius 2 is 2.21 bits per heavy atom. The van der Waals surface area contributed by atoms with Crippen molar-refractivity contribution in [3.8, 4) is 0 Å². The Morgan fingerprint density at radius 1 is 1.42 bits per heavy atom. The highest BCUT2D eigenvalue weighted by molar-refractivity contribution is 9.10. The molecule has 0 saturated heterocycles. The molecule has 104 valence electrons. The molecule has 0 aromatic heterocycles. The van der Waals surface area contributed by atoms with Crippen molar-refractivity contribution in [3.05, 3.63) is 33.8 Å². The lowest BCUT2D eigenvalue weighted by atomic mass is 9.82. The molecule has 1 aromatic rings. The average Bonchev–Trinajstić information content (AvgIpc) is 2.39. The highest BCUT2D eigenvalue weighted by Crippen LogP contribution is 2.28. The number of amides is 1. The van der Waals surface area contributed by atoms with Crippen molar-refractivity contribution >= 4 is 21.8 Å². The van der Waals surface area contributed by atoms with Crippen LogP contribution in [0.15, 0.2) is 22.7 Å². The van der Waals surface area contributed by atoms with Gasteiger partial charge >= 0.3 is 0 Å². The minimum absolute atomic E-state index is 0.0359. The fourth-order valence-corrected chi connectivity index (χ4v) is 3.32. The van der Waals surface area contributed by atoms with Gasteiger partial charge in [0, 0.05) is 11.0 Å². The molecule has 2 unspecified atom stereocenters. The van der Waals surface area contributed by atoms with Crippen LogP contribution in [0.25, 0.3) is 0 Å². The zero-order chi connectivity index (χ0) is 13.8. The van der Waals surface area contributed by atoms with Gasteiger partial charge in [-0.25, -0.2) is 0 Å². The second kappa shape index (κ2) is 6.56. The Hall–Kier alpha value is -0.830. The highest BCUT2D eigenvalue weighted by Gasteiger charge is 2.20. The summed E-state index contributed by atoms with van der Waals surface area (Å²) in [4.78, 5) is 12.2. The van der Waals surface area contributed by atoms with Crippen LogP contribution in [0.4, 0.5) is 0 Å². The lowest BCUT2D eigenvalue weighted by Gasteiger charge is -2.26. The number of nitrogens with one attached hydrogen (secondary N) is 1. The molecule has 1 fully saturated rings. The van der Waals surface area contributed by atoms with Crippen LogP contribution in [-0.2, 0) is 0 Å². The fourth-order valence-electron chi connectivity index (χ4n) is 2.89. The monoisotopic (exact) mass is 323 g/mol. The Labute approximate surface area is 124 Å². The van der Waals surface area contributed by atoms with Gasteiger partial charge in [-0.2, -0.15) is 0 Å². The zero-order valence-electron chi connectivity index (χ0n) is 11.7. The molecule has 0 spiro atoms. The third kappa shape index (κ3) is 4.07. The van der Waals surface area contributed by atoms with Gasteiger partial charge in [0.05, 0.1) is 5.56 Å². The molecule has 19 heavy (non-hydrogen) atoms. The molecule has 1 aromatic carbocycles. The van der Waals surface area contributed by atoms with Crippen molar-refractivity contribution in [3.63, 3.8) is 0 Å². The lowest BCUT2D eigenvalue weighted by molar-refractivity contribution is 0.0940. The van der Waals surface area contributed by atoms with Gasteiger partial charge in [0.15, 0.2) is 0 Å². The van der Waals surface area contributed by atoms with Crippen LogP contribution in [0.1, 0.15) is 48.5 Å². The maximum Gasteiger partial charge on any atom is 0.252 e. The summed E-state index contributed by atoms with van der Waals surface area (Å²) in [5.74, 6) is 1.49. The minimum Gasteiger partial charge on any atom is -0.352 e. The van der Waals surface area contributed by atoms with Crippen LogP contribution in [0.5, 0.6) is 0 Å². The summed E-state index contributed by atoms with van der Waals surface area (Å²) >= 11 is 3.45. The smallest absolute Gasteiger partial charge is 0.252 e. The largest absolute Gasteiger partial charge is 0.352 e. The van der Waals surface area contributed by atoms with Crippen LogP contribution in [0, 0.1) is 18.8 Å². The minimum atomic E-state index is 0.0359. The van der Waals surface area contributed by atoms with Gasteiger partial charge in [0.25, 0.3) is 5.91 Å². The van der Waals surface area contributed by atoms with Crippen LogP contribution in [0.2, 0.25) is 0 Å². The van der Waals surface area contributed by atoms with Crippen LogP contribution in [-0.4, -0.2) is 12.5 Å². The first-order valence-electron chi connectivity index (χ1n) is 7.10. The standard InChI is InChI=1S/C16H22BrNO/c1-11-4-3-5-13(8-11)10-18-16(19)14-9-12(2)6-7-15(14)17/h6-7,9,11,13H,3-5,8,10H2,1-2H3,(H,18,19). The molecule has 1 N–H and O–H groups in total. The van der Waals surface area contributed by atoms with Gasteiger partial charge in [-0.3, -0.25) is 4.79 Å². The Bertz CT molecular complexity index is 458. The van der Waals surface area contributed by atoms with E-state index in [-0.39, 0.29) is 5.91 Å². The normalized spacial score (nSPS) is 23.1. The topological polar surface area (TPSA) is 29.1 Å². The summed E-state index contributed by atoms with van der Waals surface area (Å²) < 4.78 is 0.868. The molecule has 3 heteroatoms. The van der Waals surface area contributed by atoms with Crippen molar-refractivity contribution in [2.24, 2.45) is 11.8 Å². The van der Waals surface area contributed by atoms with Crippen molar-refractivity contribution in [1.82, 2.24) is 5.32 Å². The number of aryl methyl sites for hydroxylation is 1.